The lowest BCUT2D eigenvalue weighted by Crippen LogP contribution is -2.14. The molecule has 0 aliphatic heterocycles. The first-order valence-electron chi connectivity index (χ1n) is 11.7. The topological polar surface area (TPSA) is 50.7 Å². The molecule has 1 aliphatic rings. The number of carbonyl (C=O) groups excluding carboxylic acids is 1. The SMILES string of the molecule is O=C(Nc1ccccc1)c1c(N=Cc2ccc(OCc3ccccc3Cl)cc2)sc2c1CCCC2. The van der Waals surface area contributed by atoms with Gasteiger partial charge in [0.2, 0.25) is 0 Å². The molecule has 1 aromatic heterocycles. The number of ether oxygens (including phenoxy) is 1. The van der Waals surface area contributed by atoms with Gasteiger partial charge in [-0.15, -0.1) is 11.3 Å². The third-order valence-electron chi connectivity index (χ3n) is 5.97. The molecule has 3 aromatic carbocycles. The van der Waals surface area contributed by atoms with E-state index in [2.05, 4.69) is 5.32 Å². The predicted molar refractivity (Wildman–Crippen MR) is 145 cm³/mol. The van der Waals surface area contributed by atoms with E-state index in [1.807, 2.05) is 85.1 Å². The number of aryl methyl sites for hydroxylation is 1. The number of benzene rings is 3. The Balaban J connectivity index is 1.32. The van der Waals surface area contributed by atoms with E-state index >= 15 is 0 Å². The summed E-state index contributed by atoms with van der Waals surface area (Å²) in [6.07, 6.45) is 6.02. The summed E-state index contributed by atoms with van der Waals surface area (Å²) in [5.41, 5.74) is 4.55. The summed E-state index contributed by atoms with van der Waals surface area (Å²) < 4.78 is 5.87. The zero-order valence-electron chi connectivity index (χ0n) is 19.2. The summed E-state index contributed by atoms with van der Waals surface area (Å²) >= 11 is 7.84. The van der Waals surface area contributed by atoms with Crippen LogP contribution in [0.2, 0.25) is 5.02 Å². The molecule has 5 rings (SSSR count). The highest BCUT2D eigenvalue weighted by Crippen LogP contribution is 2.40. The molecule has 0 radical (unpaired) electrons. The fourth-order valence-corrected chi connectivity index (χ4v) is 5.57. The summed E-state index contributed by atoms with van der Waals surface area (Å²) in [7, 11) is 0. The van der Waals surface area contributed by atoms with Gasteiger partial charge in [-0.05, 0) is 79.3 Å². The van der Waals surface area contributed by atoms with Crippen molar-refractivity contribution in [1.29, 1.82) is 0 Å². The largest absolute Gasteiger partial charge is 0.489 e. The molecule has 0 fully saturated rings. The molecule has 0 saturated carbocycles. The monoisotopic (exact) mass is 500 g/mol. The van der Waals surface area contributed by atoms with Gasteiger partial charge >= 0.3 is 0 Å². The second kappa shape index (κ2) is 10.9. The Kier molecular flexibility index (Phi) is 7.26. The molecule has 0 unspecified atom stereocenters. The average Bonchev–Trinajstić information content (AvgIpc) is 3.27. The number of halogens is 1. The number of fused-ring (bicyclic) bond motifs is 1. The fourth-order valence-electron chi connectivity index (χ4n) is 4.15. The molecule has 0 atom stereocenters. The van der Waals surface area contributed by atoms with Crippen LogP contribution in [-0.2, 0) is 19.4 Å². The predicted octanol–water partition coefficient (Wildman–Crippen LogP) is 7.86. The minimum Gasteiger partial charge on any atom is -0.489 e. The number of amides is 1. The molecule has 4 aromatic rings. The number of rotatable bonds is 7. The van der Waals surface area contributed by atoms with Crippen molar-refractivity contribution >= 4 is 45.7 Å². The molecule has 0 spiro atoms. The van der Waals surface area contributed by atoms with Crippen molar-refractivity contribution < 1.29 is 9.53 Å². The lowest BCUT2D eigenvalue weighted by molar-refractivity contribution is 0.102. The number of thiophene rings is 1. The number of carbonyl (C=O) groups is 1. The van der Waals surface area contributed by atoms with Crippen LogP contribution in [0.5, 0.6) is 5.75 Å². The third-order valence-corrected chi connectivity index (χ3v) is 7.54. The lowest BCUT2D eigenvalue weighted by Gasteiger charge is -2.12. The molecule has 1 N–H and O–H groups in total. The first-order valence-corrected chi connectivity index (χ1v) is 12.9. The minimum atomic E-state index is -0.0916. The van der Waals surface area contributed by atoms with Gasteiger partial charge in [0.05, 0.1) is 5.56 Å². The molecule has 0 saturated heterocycles. The summed E-state index contributed by atoms with van der Waals surface area (Å²) in [6, 6.07) is 25.0. The molecular formula is C29H25ClN2O2S. The summed E-state index contributed by atoms with van der Waals surface area (Å²) in [4.78, 5) is 19.3. The molecule has 0 bridgehead atoms. The lowest BCUT2D eigenvalue weighted by atomic mass is 9.95. The van der Waals surface area contributed by atoms with E-state index in [4.69, 9.17) is 21.3 Å². The number of anilines is 1. The van der Waals surface area contributed by atoms with Crippen molar-refractivity contribution in [1.82, 2.24) is 0 Å². The van der Waals surface area contributed by atoms with Gasteiger partial charge in [-0.2, -0.15) is 0 Å². The first kappa shape index (κ1) is 23.3. The number of hydrogen-bond donors (Lipinski definition) is 1. The Morgan fingerprint density at radius 3 is 2.51 bits per heavy atom. The van der Waals surface area contributed by atoms with Gasteiger partial charge in [0, 0.05) is 27.4 Å². The molecule has 6 heteroatoms. The minimum absolute atomic E-state index is 0.0916. The third kappa shape index (κ3) is 5.64. The molecule has 1 heterocycles. The van der Waals surface area contributed by atoms with Gasteiger partial charge in [0.15, 0.2) is 0 Å². The van der Waals surface area contributed by atoms with Crippen LogP contribution >= 0.6 is 22.9 Å². The fraction of sp³-hybridized carbons (Fsp3) is 0.172. The van der Waals surface area contributed by atoms with Crippen LogP contribution in [0.25, 0.3) is 0 Å². The van der Waals surface area contributed by atoms with Crippen LogP contribution in [0.4, 0.5) is 10.7 Å². The smallest absolute Gasteiger partial charge is 0.259 e. The quantitative estimate of drug-likeness (QED) is 0.262. The highest BCUT2D eigenvalue weighted by atomic mass is 35.5. The first-order chi connectivity index (χ1) is 17.2. The van der Waals surface area contributed by atoms with Crippen molar-refractivity contribution in [2.24, 2.45) is 4.99 Å². The Bertz CT molecular complexity index is 1350. The number of nitrogens with one attached hydrogen (secondary N) is 1. The summed E-state index contributed by atoms with van der Waals surface area (Å²) in [5.74, 6) is 0.669. The van der Waals surface area contributed by atoms with Gasteiger partial charge in [-0.3, -0.25) is 4.79 Å². The van der Waals surface area contributed by atoms with Crippen molar-refractivity contribution in [2.45, 2.75) is 32.3 Å². The van der Waals surface area contributed by atoms with Crippen molar-refractivity contribution in [3.05, 3.63) is 111 Å². The van der Waals surface area contributed by atoms with E-state index < -0.39 is 0 Å². The Morgan fingerprint density at radius 1 is 0.971 bits per heavy atom. The van der Waals surface area contributed by atoms with Crippen molar-refractivity contribution in [2.75, 3.05) is 5.32 Å². The van der Waals surface area contributed by atoms with E-state index in [-0.39, 0.29) is 5.91 Å². The number of hydrogen-bond acceptors (Lipinski definition) is 4. The van der Waals surface area contributed by atoms with Gasteiger partial charge < -0.3 is 10.1 Å². The normalized spacial score (nSPS) is 12.9. The van der Waals surface area contributed by atoms with Crippen molar-refractivity contribution in [3.8, 4) is 5.75 Å². The van der Waals surface area contributed by atoms with E-state index in [1.165, 1.54) is 4.88 Å². The average molecular weight is 501 g/mol. The van der Waals surface area contributed by atoms with Gasteiger partial charge in [-0.25, -0.2) is 4.99 Å². The molecule has 1 amide bonds. The van der Waals surface area contributed by atoms with Gasteiger partial charge in [0.1, 0.15) is 17.4 Å². The molecule has 176 valence electrons. The van der Waals surface area contributed by atoms with Crippen LogP contribution in [-0.4, -0.2) is 12.1 Å². The maximum Gasteiger partial charge on any atom is 0.259 e. The highest BCUT2D eigenvalue weighted by molar-refractivity contribution is 7.16. The number of para-hydroxylation sites is 1. The van der Waals surface area contributed by atoms with Crippen LogP contribution in [0.3, 0.4) is 0 Å². The zero-order valence-corrected chi connectivity index (χ0v) is 20.7. The van der Waals surface area contributed by atoms with E-state index in [9.17, 15) is 4.79 Å². The maximum absolute atomic E-state index is 13.2. The Morgan fingerprint density at radius 2 is 1.71 bits per heavy atom. The highest BCUT2D eigenvalue weighted by Gasteiger charge is 2.25. The Hall–Kier alpha value is -3.41. The maximum atomic E-state index is 13.2. The van der Waals surface area contributed by atoms with Crippen LogP contribution in [0.15, 0.2) is 83.9 Å². The van der Waals surface area contributed by atoms with Crippen LogP contribution in [0.1, 0.15) is 44.8 Å². The van der Waals surface area contributed by atoms with Gasteiger partial charge in [-0.1, -0.05) is 48.0 Å². The molecule has 4 nitrogen and oxygen atoms in total. The summed E-state index contributed by atoms with van der Waals surface area (Å²) in [6.45, 7) is 0.410. The molecule has 35 heavy (non-hydrogen) atoms. The van der Waals surface area contributed by atoms with Gasteiger partial charge in [0.25, 0.3) is 5.91 Å². The molecular weight excluding hydrogens is 476 g/mol. The second-order valence-corrected chi connectivity index (χ2v) is 9.91. The van der Waals surface area contributed by atoms with Crippen LogP contribution in [0, 0.1) is 0 Å². The van der Waals surface area contributed by atoms with Crippen LogP contribution < -0.4 is 10.1 Å². The number of nitrogens with zero attached hydrogens (tertiary/aromatic N) is 1. The summed E-state index contributed by atoms with van der Waals surface area (Å²) in [5, 5.41) is 4.50. The zero-order chi connectivity index (χ0) is 24.0. The van der Waals surface area contributed by atoms with E-state index in [0.29, 0.717) is 17.2 Å². The Labute approximate surface area is 214 Å². The standard InChI is InChI=1S/C29H25ClN2O2S/c30-25-12-6-4-8-21(25)19-34-23-16-14-20(15-17-23)18-31-29-27(24-11-5-7-13-26(24)35-29)28(33)32-22-9-2-1-3-10-22/h1-4,6,8-10,12,14-18H,5,7,11,13,19H2,(H,32,33). The van der Waals surface area contributed by atoms with Crippen molar-refractivity contribution in [3.63, 3.8) is 0 Å². The molecule has 1 aliphatic carbocycles. The van der Waals surface area contributed by atoms with E-state index in [0.717, 1.165) is 58.8 Å². The van der Waals surface area contributed by atoms with E-state index in [1.54, 1.807) is 11.3 Å². The number of aliphatic imine (C=N–C) groups is 1. The second-order valence-electron chi connectivity index (χ2n) is 8.42.